The smallest absolute Gasteiger partial charge is 0.273 e. The van der Waals surface area contributed by atoms with Crippen molar-refractivity contribution in [3.05, 3.63) is 111 Å². The van der Waals surface area contributed by atoms with Crippen LogP contribution in [0.1, 0.15) is 39.5 Å². The van der Waals surface area contributed by atoms with Crippen molar-refractivity contribution in [1.82, 2.24) is 24.6 Å². The van der Waals surface area contributed by atoms with Crippen LogP contribution in [0.5, 0.6) is 0 Å². The van der Waals surface area contributed by atoms with Crippen LogP contribution in [0.4, 0.5) is 0 Å². The van der Waals surface area contributed by atoms with E-state index < -0.39 is 0 Å². The average molecular weight is 600 g/mol. The topological polar surface area (TPSA) is 63.9 Å². The maximum Gasteiger partial charge on any atom is 0.273 e. The summed E-state index contributed by atoms with van der Waals surface area (Å²) in [5, 5.41) is 13.2. The van der Waals surface area contributed by atoms with E-state index in [2.05, 4.69) is 71.7 Å². The normalized spacial score (nSPS) is 14.0. The predicted octanol–water partition coefficient (Wildman–Crippen LogP) is 7.74. The van der Waals surface area contributed by atoms with Crippen molar-refractivity contribution in [1.29, 1.82) is 0 Å². The van der Waals surface area contributed by atoms with Crippen molar-refractivity contribution >= 4 is 40.6 Å². The highest BCUT2D eigenvalue weighted by Gasteiger charge is 2.25. The quantitative estimate of drug-likeness (QED) is 0.171. The molecule has 0 aliphatic carbocycles. The fourth-order valence-corrected chi connectivity index (χ4v) is 7.12. The van der Waals surface area contributed by atoms with Crippen LogP contribution in [0.25, 0.3) is 17.1 Å². The molecule has 0 unspecified atom stereocenters. The zero-order valence-electron chi connectivity index (χ0n) is 22.7. The lowest BCUT2D eigenvalue weighted by Crippen LogP contribution is -2.39. The van der Waals surface area contributed by atoms with Gasteiger partial charge in [-0.15, -0.1) is 21.5 Å². The van der Waals surface area contributed by atoms with Gasteiger partial charge in [0, 0.05) is 29.7 Å². The third kappa shape index (κ3) is 6.40. The zero-order valence-corrected chi connectivity index (χ0v) is 25.1. The number of carbonyl (C=O) groups is 1. The van der Waals surface area contributed by atoms with Gasteiger partial charge in [0.1, 0.15) is 10.7 Å². The lowest BCUT2D eigenvalue weighted by molar-refractivity contribution is 0.0685. The van der Waals surface area contributed by atoms with Crippen molar-refractivity contribution in [2.75, 3.05) is 13.1 Å². The Hall–Kier alpha value is -3.46. The summed E-state index contributed by atoms with van der Waals surface area (Å²) in [6.07, 6.45) is 3.12. The maximum absolute atomic E-state index is 13.2. The Kier molecular flexibility index (Phi) is 8.51. The molecule has 0 spiro atoms. The van der Waals surface area contributed by atoms with Gasteiger partial charge in [-0.2, -0.15) is 0 Å². The lowest BCUT2D eigenvalue weighted by Gasteiger charge is -2.31. The minimum absolute atomic E-state index is 0.0273. The van der Waals surface area contributed by atoms with Crippen LogP contribution in [0, 0.1) is 12.8 Å². The van der Waals surface area contributed by atoms with Crippen molar-refractivity contribution in [2.45, 2.75) is 37.1 Å². The summed E-state index contributed by atoms with van der Waals surface area (Å²) in [5.74, 6) is 1.92. The van der Waals surface area contributed by atoms with Gasteiger partial charge in [-0.3, -0.25) is 9.36 Å². The minimum Gasteiger partial charge on any atom is -0.337 e. The first-order valence-corrected chi connectivity index (χ1v) is 16.0. The summed E-state index contributed by atoms with van der Waals surface area (Å²) in [6, 6.07) is 26.5. The van der Waals surface area contributed by atoms with Crippen LogP contribution in [0.3, 0.4) is 0 Å². The maximum atomic E-state index is 13.2. The summed E-state index contributed by atoms with van der Waals surface area (Å²) in [6.45, 7) is 3.62. The van der Waals surface area contributed by atoms with Crippen LogP contribution < -0.4 is 0 Å². The number of hydrogen-bond acceptors (Lipinski definition) is 6. The summed E-state index contributed by atoms with van der Waals surface area (Å²) in [5.41, 5.74) is 4.86. The second-order valence-electron chi connectivity index (χ2n) is 10.3. The summed E-state index contributed by atoms with van der Waals surface area (Å²) in [4.78, 5) is 19.9. The van der Waals surface area contributed by atoms with Gasteiger partial charge in [0.25, 0.3) is 5.91 Å². The summed E-state index contributed by atoms with van der Waals surface area (Å²) < 4.78 is 2.03. The number of rotatable bonds is 8. The molecule has 9 heteroatoms. The molecule has 1 amide bonds. The number of thioether (sulfide) groups is 1. The van der Waals surface area contributed by atoms with Gasteiger partial charge in [-0.25, -0.2) is 4.98 Å². The second-order valence-corrected chi connectivity index (χ2v) is 12.6. The Morgan fingerprint density at radius 1 is 0.976 bits per heavy atom. The van der Waals surface area contributed by atoms with Crippen molar-refractivity contribution in [3.63, 3.8) is 0 Å². The van der Waals surface area contributed by atoms with E-state index in [1.165, 1.54) is 22.5 Å². The third-order valence-electron chi connectivity index (χ3n) is 7.40. The molecular weight excluding hydrogens is 570 g/mol. The third-order valence-corrected chi connectivity index (χ3v) is 9.71. The number of thiazole rings is 1. The number of halogens is 1. The molecule has 0 atom stereocenters. The number of piperidine rings is 1. The zero-order chi connectivity index (χ0) is 28.2. The number of likely N-dealkylation sites (tertiary alicyclic amines) is 1. The number of carbonyl (C=O) groups excluding carboxylic acids is 1. The number of nitrogens with zero attached hydrogens (tertiary/aromatic N) is 5. The number of hydrogen-bond donors (Lipinski definition) is 0. The fraction of sp³-hybridized carbons (Fsp3) is 0.250. The number of aromatic nitrogens is 4. The van der Waals surface area contributed by atoms with Gasteiger partial charge < -0.3 is 4.90 Å². The van der Waals surface area contributed by atoms with Gasteiger partial charge >= 0.3 is 0 Å². The second kappa shape index (κ2) is 12.6. The van der Waals surface area contributed by atoms with E-state index in [9.17, 15) is 4.79 Å². The standard InChI is InChI=1S/C32H30ClN5OS2/c1-22-11-13-25(14-12-22)38-30(26-9-5-6-10-27(26)33)35-36-32(38)41-21-29-34-28(20-40-29)31(39)37-17-15-24(16-18-37)19-23-7-3-2-4-8-23/h2-14,20,24H,15-19,21H2,1H3. The molecule has 0 radical (unpaired) electrons. The molecule has 1 fully saturated rings. The highest BCUT2D eigenvalue weighted by Crippen LogP contribution is 2.33. The number of amides is 1. The Morgan fingerprint density at radius 2 is 1.71 bits per heavy atom. The number of benzene rings is 3. The molecule has 208 valence electrons. The van der Waals surface area contributed by atoms with Crippen LogP contribution in [-0.2, 0) is 12.2 Å². The first-order valence-electron chi connectivity index (χ1n) is 13.7. The van der Waals surface area contributed by atoms with Crippen LogP contribution in [0.2, 0.25) is 5.02 Å². The van der Waals surface area contributed by atoms with Crippen molar-refractivity contribution in [2.24, 2.45) is 5.92 Å². The Balaban J connectivity index is 1.13. The first kappa shape index (κ1) is 27.7. The van der Waals surface area contributed by atoms with E-state index in [4.69, 9.17) is 16.6 Å². The molecule has 41 heavy (non-hydrogen) atoms. The van der Waals surface area contributed by atoms with Gasteiger partial charge in [-0.05, 0) is 61.9 Å². The van der Waals surface area contributed by atoms with Crippen LogP contribution in [-0.4, -0.2) is 43.6 Å². The van der Waals surface area contributed by atoms with Crippen LogP contribution >= 0.6 is 34.7 Å². The first-order chi connectivity index (χ1) is 20.0. The Labute approximate surface area is 253 Å². The molecule has 2 aromatic heterocycles. The van der Waals surface area contributed by atoms with Gasteiger partial charge in [0.05, 0.1) is 10.8 Å². The van der Waals surface area contributed by atoms with E-state index in [-0.39, 0.29) is 5.91 Å². The fourth-order valence-electron chi connectivity index (χ4n) is 5.16. The molecule has 0 N–H and O–H groups in total. The molecule has 0 saturated carbocycles. The van der Waals surface area contributed by atoms with Crippen molar-refractivity contribution in [3.8, 4) is 17.1 Å². The van der Waals surface area contributed by atoms with E-state index in [0.29, 0.717) is 28.2 Å². The highest BCUT2D eigenvalue weighted by atomic mass is 35.5. The molecule has 0 bridgehead atoms. The SMILES string of the molecule is Cc1ccc(-n2c(SCc3nc(C(=O)N4CCC(Cc5ccccc5)CC4)cs3)nnc2-c2ccccc2Cl)cc1. The van der Waals surface area contributed by atoms with Crippen LogP contribution in [0.15, 0.2) is 89.4 Å². The van der Waals surface area contributed by atoms with Gasteiger partial charge in [-0.1, -0.05) is 83.5 Å². The van der Waals surface area contributed by atoms with Gasteiger partial charge in [0.2, 0.25) is 0 Å². The molecular formula is C32H30ClN5OS2. The largest absolute Gasteiger partial charge is 0.337 e. The Bertz CT molecular complexity index is 1630. The highest BCUT2D eigenvalue weighted by molar-refractivity contribution is 7.98. The van der Waals surface area contributed by atoms with E-state index in [1.807, 2.05) is 39.1 Å². The van der Waals surface area contributed by atoms with Gasteiger partial charge in [0.15, 0.2) is 11.0 Å². The average Bonchev–Trinajstić information content (AvgIpc) is 3.65. The molecule has 6 nitrogen and oxygen atoms in total. The minimum atomic E-state index is 0.0273. The molecule has 1 aliphatic rings. The molecule has 3 heterocycles. The monoisotopic (exact) mass is 599 g/mol. The van der Waals surface area contributed by atoms with E-state index in [1.54, 1.807) is 11.8 Å². The van der Waals surface area contributed by atoms with E-state index in [0.717, 1.165) is 53.8 Å². The lowest BCUT2D eigenvalue weighted by atomic mass is 9.90. The number of aryl methyl sites for hydroxylation is 1. The van der Waals surface area contributed by atoms with E-state index >= 15 is 0 Å². The molecule has 6 rings (SSSR count). The molecule has 5 aromatic rings. The molecule has 3 aromatic carbocycles. The summed E-state index contributed by atoms with van der Waals surface area (Å²) in [7, 11) is 0. The molecule has 1 saturated heterocycles. The Morgan fingerprint density at radius 3 is 2.46 bits per heavy atom. The van der Waals surface area contributed by atoms with Crippen molar-refractivity contribution < 1.29 is 4.79 Å². The predicted molar refractivity (Wildman–Crippen MR) is 167 cm³/mol. The molecule has 1 aliphatic heterocycles. The summed E-state index contributed by atoms with van der Waals surface area (Å²) >= 11 is 9.60.